The molecule has 0 saturated carbocycles. The average molecular weight is 418 g/mol. The SMILES string of the molecule is [2H]C([2H])([2H])[N+](CCOP(=O)(O)OCCCCCCCCCCCCCCCC)(C([2H])([2H])[2H])C([2H])([2H])[2H]. The minimum absolute atomic E-state index is 0.0520. The van der Waals surface area contributed by atoms with Gasteiger partial charge >= 0.3 is 7.82 Å². The van der Waals surface area contributed by atoms with Gasteiger partial charge in [0.1, 0.15) is 13.2 Å². The summed E-state index contributed by atoms with van der Waals surface area (Å²) in [5.41, 5.74) is 0. The van der Waals surface area contributed by atoms with Gasteiger partial charge in [0.25, 0.3) is 0 Å². The second kappa shape index (κ2) is 17.0. The molecule has 0 aliphatic heterocycles. The van der Waals surface area contributed by atoms with Crippen molar-refractivity contribution in [2.75, 3.05) is 40.7 Å². The largest absolute Gasteiger partial charge is 0.472 e. The van der Waals surface area contributed by atoms with E-state index in [1.54, 1.807) is 0 Å². The molecule has 0 fully saturated rings. The molecule has 0 aromatic rings. The Morgan fingerprint density at radius 1 is 0.741 bits per heavy atom. The highest BCUT2D eigenvalue weighted by Crippen LogP contribution is 2.43. The molecule has 1 atom stereocenters. The van der Waals surface area contributed by atoms with Crippen molar-refractivity contribution in [2.45, 2.75) is 96.8 Å². The number of hydrogen-bond donors (Lipinski definition) is 1. The number of quaternary nitrogens is 1. The Balaban J connectivity index is 4.15. The van der Waals surface area contributed by atoms with E-state index in [-0.39, 0.29) is 6.61 Å². The van der Waals surface area contributed by atoms with Gasteiger partial charge in [-0.2, -0.15) is 0 Å². The van der Waals surface area contributed by atoms with Gasteiger partial charge < -0.3 is 9.38 Å². The molecule has 0 heterocycles. The Labute approximate surface area is 181 Å². The number of rotatable bonds is 20. The van der Waals surface area contributed by atoms with Gasteiger partial charge in [0.05, 0.1) is 39.9 Å². The van der Waals surface area contributed by atoms with Gasteiger partial charge in [-0.05, 0) is 6.42 Å². The van der Waals surface area contributed by atoms with Crippen LogP contribution in [0.2, 0.25) is 0 Å². The normalized spacial score (nSPS) is 20.7. The second-order valence-electron chi connectivity index (χ2n) is 7.26. The highest BCUT2D eigenvalue weighted by atomic mass is 31.2. The molecule has 6 heteroatoms. The van der Waals surface area contributed by atoms with Crippen molar-refractivity contribution >= 4 is 7.82 Å². The summed E-state index contributed by atoms with van der Waals surface area (Å²) in [5.74, 6) is 0. The number of hydrogen-bond acceptors (Lipinski definition) is 3. The van der Waals surface area contributed by atoms with Crippen LogP contribution in [0, 0.1) is 0 Å². The van der Waals surface area contributed by atoms with Gasteiger partial charge in [0, 0.05) is 0 Å². The summed E-state index contributed by atoms with van der Waals surface area (Å²) >= 11 is 0. The summed E-state index contributed by atoms with van der Waals surface area (Å²) in [6.07, 6.45) is 16.3. The number of phosphoric acid groups is 1. The second-order valence-corrected chi connectivity index (χ2v) is 8.72. The van der Waals surface area contributed by atoms with Crippen molar-refractivity contribution in [3.05, 3.63) is 0 Å². The van der Waals surface area contributed by atoms with Crippen molar-refractivity contribution in [1.82, 2.24) is 0 Å². The van der Waals surface area contributed by atoms with Crippen LogP contribution >= 0.6 is 7.82 Å². The van der Waals surface area contributed by atoms with Crippen LogP contribution in [0.4, 0.5) is 0 Å². The average Bonchev–Trinajstić information content (AvgIpc) is 2.71. The van der Waals surface area contributed by atoms with E-state index in [0.29, 0.717) is 6.42 Å². The fourth-order valence-corrected chi connectivity index (χ4v) is 3.55. The van der Waals surface area contributed by atoms with Crippen molar-refractivity contribution < 1.29 is 35.3 Å². The summed E-state index contributed by atoms with van der Waals surface area (Å²) in [7, 11) is -4.58. The molecule has 1 unspecified atom stereocenters. The first kappa shape index (κ1) is 15.0. The van der Waals surface area contributed by atoms with Crippen LogP contribution in [0.3, 0.4) is 0 Å². The minimum Gasteiger partial charge on any atom is -0.329 e. The Bertz CT molecular complexity index is 592. The van der Waals surface area contributed by atoms with Crippen molar-refractivity contribution in [3.8, 4) is 0 Å². The van der Waals surface area contributed by atoms with E-state index < -0.39 is 46.4 Å². The summed E-state index contributed by atoms with van der Waals surface area (Å²) in [4.78, 5) is 9.81. The smallest absolute Gasteiger partial charge is 0.329 e. The van der Waals surface area contributed by atoms with Crippen LogP contribution in [0.1, 0.15) is 109 Å². The maximum absolute atomic E-state index is 12.1. The summed E-state index contributed by atoms with van der Waals surface area (Å²) in [6.45, 7) is -10.1. The number of phosphoric ester groups is 1. The lowest BCUT2D eigenvalue weighted by Crippen LogP contribution is -2.37. The zero-order valence-electron chi connectivity index (χ0n) is 26.1. The molecule has 0 aliphatic rings. The Morgan fingerprint density at radius 2 is 1.15 bits per heavy atom. The van der Waals surface area contributed by atoms with Crippen molar-refractivity contribution in [3.63, 3.8) is 0 Å². The molecule has 164 valence electrons. The first-order chi connectivity index (χ1) is 16.5. The maximum Gasteiger partial charge on any atom is 0.472 e. The van der Waals surface area contributed by atoms with Crippen LogP contribution in [0.25, 0.3) is 0 Å². The number of likely N-dealkylation sites (N-methyl/N-ethyl adjacent to an activating group) is 1. The summed E-state index contributed by atoms with van der Waals surface area (Å²) in [6, 6.07) is 0. The van der Waals surface area contributed by atoms with E-state index >= 15 is 0 Å². The molecule has 0 spiro atoms. The van der Waals surface area contributed by atoms with Gasteiger partial charge in [0.15, 0.2) is 0 Å². The van der Waals surface area contributed by atoms with Gasteiger partial charge in [-0.3, -0.25) is 9.05 Å². The summed E-state index contributed by atoms with van der Waals surface area (Å²) < 4.78 is 87.1. The lowest BCUT2D eigenvalue weighted by Gasteiger charge is -2.24. The van der Waals surface area contributed by atoms with E-state index in [9.17, 15) is 9.46 Å². The highest BCUT2D eigenvalue weighted by Gasteiger charge is 2.21. The topological polar surface area (TPSA) is 55.8 Å². The van der Waals surface area contributed by atoms with E-state index in [1.807, 2.05) is 0 Å². The van der Waals surface area contributed by atoms with E-state index in [1.165, 1.54) is 57.8 Å². The monoisotopic (exact) mass is 417 g/mol. The van der Waals surface area contributed by atoms with E-state index in [0.717, 1.165) is 25.7 Å². The standard InChI is InChI=1S/C21H46NO4P/c1-5-6-7-8-9-10-11-12-13-14-15-16-17-18-20-25-27(23,24)26-21-19-22(2,3)4/h5-21H2,1-4H3/p+1/i2D3,3D3,4D3. The Hall–Kier alpha value is 0.0700. The third-order valence-corrected chi connectivity index (χ3v) is 5.45. The van der Waals surface area contributed by atoms with Gasteiger partial charge in [-0.25, -0.2) is 4.57 Å². The third kappa shape index (κ3) is 22.2. The predicted octanol–water partition coefficient (Wildman–Crippen LogP) is 6.31. The van der Waals surface area contributed by atoms with Crippen LogP contribution < -0.4 is 0 Å². The Morgan fingerprint density at radius 3 is 1.59 bits per heavy atom. The molecule has 1 N–H and O–H groups in total. The molecule has 0 rings (SSSR count). The lowest BCUT2D eigenvalue weighted by molar-refractivity contribution is -0.870. The Kier molecular flexibility index (Phi) is 9.40. The van der Waals surface area contributed by atoms with Crippen LogP contribution in [-0.2, 0) is 13.6 Å². The number of unbranched alkanes of at least 4 members (excludes halogenated alkanes) is 13. The molecule has 0 amide bonds. The third-order valence-electron chi connectivity index (χ3n) is 4.43. The fraction of sp³-hybridized carbons (Fsp3) is 1.00. The van der Waals surface area contributed by atoms with Crippen molar-refractivity contribution in [1.29, 1.82) is 0 Å². The quantitative estimate of drug-likeness (QED) is 0.143. The molecule has 0 radical (unpaired) electrons. The molecule has 0 bridgehead atoms. The zero-order chi connectivity index (χ0) is 27.9. The first-order valence-corrected chi connectivity index (χ1v) is 12.0. The zero-order valence-corrected chi connectivity index (χ0v) is 18.0. The van der Waals surface area contributed by atoms with Gasteiger partial charge in [-0.15, -0.1) is 0 Å². The van der Waals surface area contributed by atoms with Crippen LogP contribution in [-0.4, -0.2) is 50.1 Å². The minimum atomic E-state index is -4.58. The highest BCUT2D eigenvalue weighted by molar-refractivity contribution is 7.47. The van der Waals surface area contributed by atoms with Gasteiger partial charge in [0.2, 0.25) is 0 Å². The summed E-state index contributed by atoms with van der Waals surface area (Å²) in [5, 5.41) is 0. The molecule has 5 nitrogen and oxygen atoms in total. The molecule has 0 saturated heterocycles. The predicted molar refractivity (Wildman–Crippen MR) is 115 cm³/mol. The van der Waals surface area contributed by atoms with Gasteiger partial charge in [-0.1, -0.05) is 90.4 Å². The lowest BCUT2D eigenvalue weighted by atomic mass is 10.0. The molecule has 0 aromatic carbocycles. The van der Waals surface area contributed by atoms with E-state index in [4.69, 9.17) is 21.4 Å². The molecule has 0 aromatic heterocycles. The van der Waals surface area contributed by atoms with Crippen molar-refractivity contribution in [2.24, 2.45) is 0 Å². The maximum atomic E-state index is 12.1. The van der Waals surface area contributed by atoms with Crippen LogP contribution in [0.5, 0.6) is 0 Å². The molecule has 27 heavy (non-hydrogen) atoms. The number of nitrogens with zero attached hydrogens (tertiary/aromatic N) is 1. The molecule has 0 aliphatic carbocycles. The molecular weight excluding hydrogens is 361 g/mol. The fourth-order valence-electron chi connectivity index (χ4n) is 2.81. The molecular formula is C21H47NO4P+. The van der Waals surface area contributed by atoms with Crippen LogP contribution in [0.15, 0.2) is 0 Å². The first-order valence-electron chi connectivity index (χ1n) is 15.0. The van der Waals surface area contributed by atoms with E-state index in [2.05, 4.69) is 6.92 Å².